The molecular formula is C17H14F2O2. The second-order valence-corrected chi connectivity index (χ2v) is 5.46. The maximum Gasteiger partial charge on any atom is 0.314 e. The third kappa shape index (κ3) is 2.20. The minimum Gasteiger partial charge on any atom is -0.481 e. The van der Waals surface area contributed by atoms with E-state index in [9.17, 15) is 18.7 Å². The number of carboxylic acid groups (broad SMARTS) is 1. The number of aryl methyl sites for hydroxylation is 1. The van der Waals surface area contributed by atoms with Gasteiger partial charge in [-0.25, -0.2) is 8.78 Å². The molecular weight excluding hydrogens is 274 g/mol. The highest BCUT2D eigenvalue weighted by atomic mass is 19.1. The van der Waals surface area contributed by atoms with E-state index >= 15 is 0 Å². The maximum atomic E-state index is 13.9. The summed E-state index contributed by atoms with van der Waals surface area (Å²) in [7, 11) is 0. The molecule has 1 aliphatic carbocycles. The van der Waals surface area contributed by atoms with Gasteiger partial charge in [-0.2, -0.15) is 0 Å². The first-order chi connectivity index (χ1) is 10.0. The van der Waals surface area contributed by atoms with Crippen LogP contribution >= 0.6 is 0 Å². The van der Waals surface area contributed by atoms with Crippen LogP contribution < -0.4 is 0 Å². The monoisotopic (exact) mass is 288 g/mol. The molecule has 21 heavy (non-hydrogen) atoms. The fourth-order valence-electron chi connectivity index (χ4n) is 3.16. The number of fused-ring (bicyclic) bond motifs is 1. The second-order valence-electron chi connectivity index (χ2n) is 5.46. The summed E-state index contributed by atoms with van der Waals surface area (Å²) in [4.78, 5) is 11.9. The molecule has 0 spiro atoms. The number of benzene rings is 2. The van der Waals surface area contributed by atoms with Gasteiger partial charge in [-0.15, -0.1) is 0 Å². The lowest BCUT2D eigenvalue weighted by Gasteiger charge is -2.26. The van der Waals surface area contributed by atoms with E-state index in [0.717, 1.165) is 23.3 Å². The molecule has 0 saturated carbocycles. The van der Waals surface area contributed by atoms with Crippen LogP contribution in [0.1, 0.15) is 23.1 Å². The maximum absolute atomic E-state index is 13.9. The van der Waals surface area contributed by atoms with Crippen molar-refractivity contribution in [1.29, 1.82) is 0 Å². The molecule has 4 heteroatoms. The quantitative estimate of drug-likeness (QED) is 0.939. The highest BCUT2D eigenvalue weighted by Crippen LogP contribution is 2.42. The summed E-state index contributed by atoms with van der Waals surface area (Å²) < 4.78 is 26.9. The van der Waals surface area contributed by atoms with Gasteiger partial charge in [-0.05, 0) is 42.0 Å². The minimum absolute atomic E-state index is 0.0332. The molecule has 0 bridgehead atoms. The first-order valence-electron chi connectivity index (χ1n) is 6.79. The molecule has 0 radical (unpaired) electrons. The average molecular weight is 288 g/mol. The summed E-state index contributed by atoms with van der Waals surface area (Å²) >= 11 is 0. The number of carbonyl (C=O) groups is 1. The first kappa shape index (κ1) is 13.7. The molecule has 0 saturated heterocycles. The SMILES string of the molecule is O=C(O)C1(Cc2ccc(F)cc2F)CCc2ccccc21. The van der Waals surface area contributed by atoms with Gasteiger partial charge in [-0.1, -0.05) is 30.3 Å². The van der Waals surface area contributed by atoms with Crippen LogP contribution in [0.5, 0.6) is 0 Å². The van der Waals surface area contributed by atoms with E-state index in [0.29, 0.717) is 12.8 Å². The number of hydrogen-bond donors (Lipinski definition) is 1. The molecule has 1 N–H and O–H groups in total. The van der Waals surface area contributed by atoms with Crippen LogP contribution in [0.25, 0.3) is 0 Å². The van der Waals surface area contributed by atoms with Crippen molar-refractivity contribution in [3.63, 3.8) is 0 Å². The number of halogens is 2. The van der Waals surface area contributed by atoms with E-state index in [1.54, 1.807) is 12.1 Å². The summed E-state index contributed by atoms with van der Waals surface area (Å²) in [5.41, 5.74) is 0.828. The van der Waals surface area contributed by atoms with Gasteiger partial charge in [0.2, 0.25) is 0 Å². The molecule has 2 aromatic rings. The average Bonchev–Trinajstić information content (AvgIpc) is 2.82. The van der Waals surface area contributed by atoms with Crippen molar-refractivity contribution in [3.05, 3.63) is 70.8 Å². The molecule has 1 unspecified atom stereocenters. The largest absolute Gasteiger partial charge is 0.481 e. The Hall–Kier alpha value is -2.23. The molecule has 108 valence electrons. The zero-order valence-corrected chi connectivity index (χ0v) is 11.3. The Morgan fingerprint density at radius 1 is 1.19 bits per heavy atom. The highest BCUT2D eigenvalue weighted by Gasteiger charge is 2.45. The van der Waals surface area contributed by atoms with Crippen LogP contribution in [0.4, 0.5) is 8.78 Å². The molecule has 0 aromatic heterocycles. The number of hydrogen-bond acceptors (Lipinski definition) is 1. The number of rotatable bonds is 3. The Balaban J connectivity index is 2.06. The van der Waals surface area contributed by atoms with Crippen LogP contribution in [0.3, 0.4) is 0 Å². The van der Waals surface area contributed by atoms with Gasteiger partial charge in [0.1, 0.15) is 11.6 Å². The molecule has 3 rings (SSSR count). The molecule has 0 heterocycles. The Labute approximate surface area is 121 Å². The van der Waals surface area contributed by atoms with Gasteiger partial charge >= 0.3 is 5.97 Å². The van der Waals surface area contributed by atoms with Crippen LogP contribution in [-0.2, 0) is 23.1 Å². The third-order valence-corrected chi connectivity index (χ3v) is 4.27. The molecule has 2 nitrogen and oxygen atoms in total. The van der Waals surface area contributed by atoms with Crippen molar-refractivity contribution in [2.24, 2.45) is 0 Å². The van der Waals surface area contributed by atoms with Gasteiger partial charge in [0.15, 0.2) is 0 Å². The highest BCUT2D eigenvalue weighted by molar-refractivity contribution is 5.83. The Bertz CT molecular complexity index is 712. The lowest BCUT2D eigenvalue weighted by Crippen LogP contribution is -2.36. The van der Waals surface area contributed by atoms with Gasteiger partial charge < -0.3 is 5.11 Å². The Morgan fingerprint density at radius 3 is 2.67 bits per heavy atom. The smallest absolute Gasteiger partial charge is 0.314 e. The van der Waals surface area contributed by atoms with Gasteiger partial charge in [0, 0.05) is 6.07 Å². The molecule has 0 amide bonds. The van der Waals surface area contributed by atoms with Crippen LogP contribution in [0.2, 0.25) is 0 Å². The molecule has 2 aromatic carbocycles. The topological polar surface area (TPSA) is 37.3 Å². The van der Waals surface area contributed by atoms with E-state index in [2.05, 4.69) is 0 Å². The van der Waals surface area contributed by atoms with Crippen LogP contribution in [-0.4, -0.2) is 11.1 Å². The van der Waals surface area contributed by atoms with Crippen LogP contribution in [0.15, 0.2) is 42.5 Å². The Kier molecular flexibility index (Phi) is 3.24. The molecule has 1 aliphatic rings. The number of carboxylic acids is 1. The van der Waals surface area contributed by atoms with Gasteiger partial charge in [0.25, 0.3) is 0 Å². The predicted octanol–water partition coefficient (Wildman–Crippen LogP) is 3.48. The van der Waals surface area contributed by atoms with E-state index in [4.69, 9.17) is 0 Å². The first-order valence-corrected chi connectivity index (χ1v) is 6.79. The van der Waals surface area contributed by atoms with Gasteiger partial charge in [-0.3, -0.25) is 4.79 Å². The zero-order chi connectivity index (χ0) is 15.0. The van der Waals surface area contributed by atoms with Crippen molar-refractivity contribution in [3.8, 4) is 0 Å². The summed E-state index contributed by atoms with van der Waals surface area (Å²) in [6.07, 6.45) is 1.12. The van der Waals surface area contributed by atoms with E-state index < -0.39 is 23.0 Å². The van der Waals surface area contributed by atoms with E-state index in [1.807, 2.05) is 12.1 Å². The Morgan fingerprint density at radius 2 is 1.95 bits per heavy atom. The normalized spacial score (nSPS) is 20.3. The number of aliphatic carboxylic acids is 1. The predicted molar refractivity (Wildman–Crippen MR) is 74.1 cm³/mol. The van der Waals surface area contributed by atoms with Crippen molar-refractivity contribution in [2.45, 2.75) is 24.7 Å². The van der Waals surface area contributed by atoms with Crippen molar-refractivity contribution >= 4 is 5.97 Å². The summed E-state index contributed by atoms with van der Waals surface area (Å²) in [5.74, 6) is -2.32. The van der Waals surface area contributed by atoms with E-state index in [-0.39, 0.29) is 12.0 Å². The fraction of sp³-hybridized carbons (Fsp3) is 0.235. The lowest BCUT2D eigenvalue weighted by molar-refractivity contribution is -0.143. The summed E-state index contributed by atoms with van der Waals surface area (Å²) in [6.45, 7) is 0. The zero-order valence-electron chi connectivity index (χ0n) is 11.3. The van der Waals surface area contributed by atoms with Gasteiger partial charge in [0.05, 0.1) is 5.41 Å². The summed E-state index contributed by atoms with van der Waals surface area (Å²) in [5, 5.41) is 9.72. The molecule has 1 atom stereocenters. The summed E-state index contributed by atoms with van der Waals surface area (Å²) in [6, 6.07) is 10.6. The third-order valence-electron chi connectivity index (χ3n) is 4.27. The molecule has 0 fully saturated rings. The molecule has 0 aliphatic heterocycles. The second kappa shape index (κ2) is 4.95. The fourth-order valence-corrected chi connectivity index (χ4v) is 3.16. The van der Waals surface area contributed by atoms with Crippen LogP contribution in [0, 0.1) is 11.6 Å². The van der Waals surface area contributed by atoms with Crippen molar-refractivity contribution in [2.75, 3.05) is 0 Å². The minimum atomic E-state index is -1.13. The van der Waals surface area contributed by atoms with Crippen molar-refractivity contribution in [1.82, 2.24) is 0 Å². The standard InChI is InChI=1S/C17H14F2O2/c18-13-6-5-12(15(19)9-13)10-17(16(20)21)8-7-11-3-1-2-4-14(11)17/h1-6,9H,7-8,10H2,(H,20,21). The van der Waals surface area contributed by atoms with E-state index in [1.165, 1.54) is 6.07 Å². The van der Waals surface area contributed by atoms with Crippen molar-refractivity contribution < 1.29 is 18.7 Å². The lowest BCUT2D eigenvalue weighted by atomic mass is 9.76.